The molecule has 0 amide bonds. The van der Waals surface area contributed by atoms with E-state index in [1.165, 1.54) is 12.1 Å². The molecule has 1 saturated heterocycles. The smallest absolute Gasteiger partial charge is 0.328 e. The number of hydrogen-bond donors (Lipinski definition) is 2. The van der Waals surface area contributed by atoms with Gasteiger partial charge in [0.05, 0.1) is 0 Å². The molecule has 2 rings (SSSR count). The van der Waals surface area contributed by atoms with E-state index >= 15 is 0 Å². The first-order valence-electron chi connectivity index (χ1n) is 7.11. The van der Waals surface area contributed by atoms with Gasteiger partial charge < -0.3 is 10.2 Å². The van der Waals surface area contributed by atoms with Crippen molar-refractivity contribution in [3.05, 3.63) is 41.2 Å². The van der Waals surface area contributed by atoms with Crippen LogP contribution in [-0.2, 0) is 11.3 Å². The van der Waals surface area contributed by atoms with Crippen molar-refractivity contribution in [1.29, 1.82) is 0 Å². The highest BCUT2D eigenvalue weighted by Crippen LogP contribution is 2.20. The van der Waals surface area contributed by atoms with Crippen molar-refractivity contribution in [2.24, 2.45) is 5.92 Å². The van der Waals surface area contributed by atoms with Crippen molar-refractivity contribution >= 4 is 12.0 Å². The number of aliphatic carboxylic acids is 1. The Bertz CT molecular complexity index is 530. The maximum absolute atomic E-state index is 14.1. The molecule has 1 aromatic carbocycles. The summed E-state index contributed by atoms with van der Waals surface area (Å²) in [6.07, 6.45) is 4.41. The van der Waals surface area contributed by atoms with Crippen LogP contribution in [0.2, 0.25) is 0 Å². The molecule has 1 heterocycles. The SMILES string of the molecule is O=C(O)C=Cc1ccc(CN2CCCC(CO)C2)c(F)c1. The van der Waals surface area contributed by atoms with Crippen molar-refractivity contribution in [2.45, 2.75) is 19.4 Å². The monoisotopic (exact) mass is 293 g/mol. The Labute approximate surface area is 123 Å². The highest BCUT2D eigenvalue weighted by Gasteiger charge is 2.20. The summed E-state index contributed by atoms with van der Waals surface area (Å²) in [5.41, 5.74) is 1.13. The van der Waals surface area contributed by atoms with Crippen LogP contribution in [0, 0.1) is 11.7 Å². The van der Waals surface area contributed by atoms with Gasteiger partial charge in [-0.3, -0.25) is 4.90 Å². The van der Waals surface area contributed by atoms with Crippen molar-refractivity contribution in [3.8, 4) is 0 Å². The molecule has 0 aliphatic carbocycles. The lowest BCUT2D eigenvalue weighted by molar-refractivity contribution is -0.131. The normalized spacial score (nSPS) is 20.0. The second-order valence-electron chi connectivity index (χ2n) is 5.45. The third-order valence-corrected chi connectivity index (χ3v) is 3.75. The maximum Gasteiger partial charge on any atom is 0.328 e. The second kappa shape index (κ2) is 7.33. The number of hydrogen-bond acceptors (Lipinski definition) is 3. The first-order valence-corrected chi connectivity index (χ1v) is 7.11. The largest absolute Gasteiger partial charge is 0.478 e. The van der Waals surface area contributed by atoms with Crippen LogP contribution in [0.1, 0.15) is 24.0 Å². The molecule has 21 heavy (non-hydrogen) atoms. The Hall–Kier alpha value is -1.72. The van der Waals surface area contributed by atoms with Gasteiger partial charge in [-0.05, 0) is 43.0 Å². The fourth-order valence-electron chi connectivity index (χ4n) is 2.65. The highest BCUT2D eigenvalue weighted by atomic mass is 19.1. The van der Waals surface area contributed by atoms with Gasteiger partial charge >= 0.3 is 5.97 Å². The number of carboxylic acids is 1. The van der Waals surface area contributed by atoms with E-state index in [2.05, 4.69) is 4.90 Å². The number of piperidine rings is 1. The van der Waals surface area contributed by atoms with Crippen LogP contribution in [-0.4, -0.2) is 40.8 Å². The zero-order valence-electron chi connectivity index (χ0n) is 11.8. The first-order chi connectivity index (χ1) is 10.1. The zero-order chi connectivity index (χ0) is 15.2. The molecular formula is C16H20FNO3. The van der Waals surface area contributed by atoms with Crippen molar-refractivity contribution in [1.82, 2.24) is 4.90 Å². The van der Waals surface area contributed by atoms with Crippen molar-refractivity contribution < 1.29 is 19.4 Å². The summed E-state index contributed by atoms with van der Waals surface area (Å²) >= 11 is 0. The first kappa shape index (κ1) is 15.7. The van der Waals surface area contributed by atoms with E-state index in [-0.39, 0.29) is 18.3 Å². The molecule has 114 valence electrons. The van der Waals surface area contributed by atoms with Gasteiger partial charge in [0.1, 0.15) is 5.82 Å². The predicted molar refractivity (Wildman–Crippen MR) is 78.2 cm³/mol. The molecular weight excluding hydrogens is 273 g/mol. The van der Waals surface area contributed by atoms with E-state index in [1.807, 2.05) is 0 Å². The zero-order valence-corrected chi connectivity index (χ0v) is 11.8. The number of benzene rings is 1. The number of nitrogens with zero attached hydrogens (tertiary/aromatic N) is 1. The lowest BCUT2D eigenvalue weighted by Gasteiger charge is -2.31. The van der Waals surface area contributed by atoms with E-state index in [9.17, 15) is 14.3 Å². The van der Waals surface area contributed by atoms with Gasteiger partial charge in [-0.2, -0.15) is 0 Å². The summed E-state index contributed by atoms with van der Waals surface area (Å²) in [6, 6.07) is 4.76. The van der Waals surface area contributed by atoms with Gasteiger partial charge in [-0.15, -0.1) is 0 Å². The summed E-state index contributed by atoms with van der Waals surface area (Å²) in [5.74, 6) is -1.10. The molecule has 4 nitrogen and oxygen atoms in total. The summed E-state index contributed by atoms with van der Waals surface area (Å²) in [5, 5.41) is 17.8. The van der Waals surface area contributed by atoms with Gasteiger partial charge in [0.25, 0.3) is 0 Å². The Balaban J connectivity index is 2.02. The Kier molecular flexibility index (Phi) is 5.47. The third-order valence-electron chi connectivity index (χ3n) is 3.75. The molecule has 1 aliphatic rings. The number of aliphatic hydroxyl groups is 1. The fraction of sp³-hybridized carbons (Fsp3) is 0.438. The number of carbonyl (C=O) groups is 1. The molecule has 1 aliphatic heterocycles. The number of carboxylic acid groups (broad SMARTS) is 1. The van der Waals surface area contributed by atoms with E-state index in [0.29, 0.717) is 17.7 Å². The van der Waals surface area contributed by atoms with Crippen LogP contribution < -0.4 is 0 Å². The Morgan fingerprint density at radius 1 is 1.48 bits per heavy atom. The van der Waals surface area contributed by atoms with Crippen LogP contribution >= 0.6 is 0 Å². The molecule has 2 N–H and O–H groups in total. The quantitative estimate of drug-likeness (QED) is 0.817. The van der Waals surface area contributed by atoms with Gasteiger partial charge in [0.15, 0.2) is 0 Å². The van der Waals surface area contributed by atoms with E-state index < -0.39 is 5.97 Å². The molecule has 5 heteroatoms. The molecule has 1 unspecified atom stereocenters. The fourth-order valence-corrected chi connectivity index (χ4v) is 2.65. The molecule has 0 radical (unpaired) electrons. The summed E-state index contributed by atoms with van der Waals surface area (Å²) in [4.78, 5) is 12.6. The van der Waals surface area contributed by atoms with Gasteiger partial charge in [0.2, 0.25) is 0 Å². The standard InChI is InChI=1S/C16H20FNO3/c17-15-8-12(4-6-16(20)21)3-5-14(15)10-18-7-1-2-13(9-18)11-19/h3-6,8,13,19H,1-2,7,9-11H2,(H,20,21). The van der Waals surface area contributed by atoms with Crippen LogP contribution in [0.3, 0.4) is 0 Å². The molecule has 0 aromatic heterocycles. The Morgan fingerprint density at radius 2 is 2.29 bits per heavy atom. The highest BCUT2D eigenvalue weighted by molar-refractivity contribution is 5.85. The van der Waals surface area contributed by atoms with Crippen molar-refractivity contribution in [3.63, 3.8) is 0 Å². The molecule has 1 atom stereocenters. The van der Waals surface area contributed by atoms with E-state index in [1.54, 1.807) is 12.1 Å². The molecule has 0 bridgehead atoms. The summed E-state index contributed by atoms with van der Waals surface area (Å²) in [6.45, 7) is 2.40. The Morgan fingerprint density at radius 3 is 2.95 bits per heavy atom. The van der Waals surface area contributed by atoms with Crippen LogP contribution in [0.25, 0.3) is 6.08 Å². The average molecular weight is 293 g/mol. The minimum atomic E-state index is -1.05. The van der Waals surface area contributed by atoms with Gasteiger partial charge in [0, 0.05) is 31.3 Å². The summed E-state index contributed by atoms with van der Waals surface area (Å²) in [7, 11) is 0. The van der Waals surface area contributed by atoms with Crippen LogP contribution in [0.4, 0.5) is 4.39 Å². The molecule has 0 saturated carbocycles. The molecule has 0 spiro atoms. The predicted octanol–water partition coefficient (Wildman–Crippen LogP) is 2.13. The molecule has 1 aromatic rings. The maximum atomic E-state index is 14.1. The minimum Gasteiger partial charge on any atom is -0.478 e. The molecule has 1 fully saturated rings. The number of rotatable bonds is 5. The lowest BCUT2D eigenvalue weighted by Crippen LogP contribution is -2.36. The van der Waals surface area contributed by atoms with Gasteiger partial charge in [-0.1, -0.05) is 12.1 Å². The van der Waals surface area contributed by atoms with Gasteiger partial charge in [-0.25, -0.2) is 9.18 Å². The summed E-state index contributed by atoms with van der Waals surface area (Å²) < 4.78 is 14.1. The van der Waals surface area contributed by atoms with E-state index in [0.717, 1.165) is 32.0 Å². The average Bonchev–Trinajstić information content (AvgIpc) is 2.48. The van der Waals surface area contributed by atoms with E-state index in [4.69, 9.17) is 5.11 Å². The van der Waals surface area contributed by atoms with Crippen LogP contribution in [0.5, 0.6) is 0 Å². The third kappa shape index (κ3) is 4.65. The number of halogens is 1. The number of likely N-dealkylation sites (tertiary alicyclic amines) is 1. The van der Waals surface area contributed by atoms with Crippen molar-refractivity contribution in [2.75, 3.05) is 19.7 Å². The minimum absolute atomic E-state index is 0.178. The van der Waals surface area contributed by atoms with Crippen LogP contribution in [0.15, 0.2) is 24.3 Å². The topological polar surface area (TPSA) is 60.8 Å². The lowest BCUT2D eigenvalue weighted by atomic mass is 9.98. The number of aliphatic hydroxyl groups excluding tert-OH is 1. The second-order valence-corrected chi connectivity index (χ2v) is 5.45.